The van der Waals surface area contributed by atoms with E-state index in [9.17, 15) is 18.0 Å². The van der Waals surface area contributed by atoms with Crippen LogP contribution in [0.3, 0.4) is 0 Å². The van der Waals surface area contributed by atoms with Gasteiger partial charge in [0.2, 0.25) is 0 Å². The minimum Gasteiger partial charge on any atom is -0.378 e. The second-order valence-corrected chi connectivity index (χ2v) is 8.35. The van der Waals surface area contributed by atoms with Crippen molar-refractivity contribution in [1.82, 2.24) is 10.3 Å². The van der Waals surface area contributed by atoms with Gasteiger partial charge in [-0.1, -0.05) is 36.4 Å². The van der Waals surface area contributed by atoms with Gasteiger partial charge in [-0.25, -0.2) is 0 Å². The smallest absolute Gasteiger partial charge is 0.378 e. The first-order valence-electron chi connectivity index (χ1n) is 10.8. The van der Waals surface area contributed by atoms with Crippen molar-refractivity contribution >= 4 is 22.4 Å². The van der Waals surface area contributed by atoms with Crippen LogP contribution in [-0.4, -0.2) is 25.0 Å². The number of nitrogens with one attached hydrogen (secondary N) is 1. The zero-order valence-electron chi connectivity index (χ0n) is 19.0. The Labute approximate surface area is 196 Å². The van der Waals surface area contributed by atoms with Crippen molar-refractivity contribution in [3.63, 3.8) is 0 Å². The van der Waals surface area contributed by atoms with Crippen LogP contribution in [0.25, 0.3) is 21.9 Å². The largest absolute Gasteiger partial charge is 0.416 e. The fraction of sp³-hybridized carbons (Fsp3) is 0.185. The lowest BCUT2D eigenvalue weighted by Crippen LogP contribution is -2.27. The maximum Gasteiger partial charge on any atom is 0.416 e. The van der Waals surface area contributed by atoms with E-state index in [0.29, 0.717) is 11.1 Å². The topological polar surface area (TPSA) is 45.2 Å². The van der Waals surface area contributed by atoms with Gasteiger partial charge < -0.3 is 10.2 Å². The molecule has 34 heavy (non-hydrogen) atoms. The van der Waals surface area contributed by atoms with E-state index in [0.717, 1.165) is 39.8 Å². The summed E-state index contributed by atoms with van der Waals surface area (Å²) in [5.74, 6) is -0.230. The average Bonchev–Trinajstić information content (AvgIpc) is 2.82. The number of halogens is 3. The number of aromatic nitrogens is 1. The summed E-state index contributed by atoms with van der Waals surface area (Å²) >= 11 is 0. The molecule has 0 aliphatic rings. The third-order valence-electron chi connectivity index (χ3n) is 5.74. The van der Waals surface area contributed by atoms with Crippen molar-refractivity contribution < 1.29 is 18.0 Å². The van der Waals surface area contributed by atoms with Crippen molar-refractivity contribution in [2.45, 2.75) is 19.1 Å². The molecule has 0 radical (unpaired) electrons. The van der Waals surface area contributed by atoms with E-state index in [1.165, 1.54) is 12.1 Å². The predicted molar refractivity (Wildman–Crippen MR) is 129 cm³/mol. The molecule has 0 bridgehead atoms. The number of rotatable bonds is 5. The van der Waals surface area contributed by atoms with Gasteiger partial charge in [-0.05, 0) is 65.2 Å². The number of pyridine rings is 1. The molecule has 4 aromatic rings. The zero-order chi connectivity index (χ0) is 24.5. The third kappa shape index (κ3) is 4.88. The summed E-state index contributed by atoms with van der Waals surface area (Å²) < 4.78 is 38.7. The van der Waals surface area contributed by atoms with Gasteiger partial charge >= 0.3 is 6.18 Å². The minimum absolute atomic E-state index is 0.230. The van der Waals surface area contributed by atoms with Crippen LogP contribution in [0, 0.1) is 0 Å². The highest BCUT2D eigenvalue weighted by molar-refractivity contribution is 6.02. The van der Waals surface area contributed by atoms with Crippen LogP contribution in [0.4, 0.5) is 18.9 Å². The molecule has 1 heterocycles. The number of nitrogens with zero attached hydrogens (tertiary/aromatic N) is 2. The van der Waals surface area contributed by atoms with Crippen molar-refractivity contribution in [3.05, 3.63) is 95.8 Å². The number of alkyl halides is 3. The molecule has 174 valence electrons. The van der Waals surface area contributed by atoms with Crippen LogP contribution >= 0.6 is 0 Å². The predicted octanol–water partition coefficient (Wildman–Crippen LogP) is 6.48. The molecule has 0 unspecified atom stereocenters. The molecule has 0 spiro atoms. The van der Waals surface area contributed by atoms with Crippen molar-refractivity contribution in [2.75, 3.05) is 19.0 Å². The highest BCUT2D eigenvalue weighted by Crippen LogP contribution is 2.33. The molecule has 0 saturated heterocycles. The Kier molecular flexibility index (Phi) is 6.28. The number of carbonyl (C=O) groups excluding carboxylic acids is 1. The normalized spacial score (nSPS) is 12.4. The number of benzene rings is 3. The molecule has 1 N–H and O–H groups in total. The van der Waals surface area contributed by atoms with E-state index in [1.54, 1.807) is 18.3 Å². The highest BCUT2D eigenvalue weighted by atomic mass is 19.4. The summed E-state index contributed by atoms with van der Waals surface area (Å²) in [6, 6.07) is 19.5. The number of hydrogen-bond donors (Lipinski definition) is 1. The third-order valence-corrected chi connectivity index (χ3v) is 5.74. The van der Waals surface area contributed by atoms with Crippen LogP contribution in [0.1, 0.15) is 34.6 Å². The summed E-state index contributed by atoms with van der Waals surface area (Å²) in [5, 5.41) is 4.66. The van der Waals surface area contributed by atoms with E-state index in [1.807, 2.05) is 62.3 Å². The lowest BCUT2D eigenvalue weighted by Gasteiger charge is -2.17. The molecule has 0 fully saturated rings. The summed E-state index contributed by atoms with van der Waals surface area (Å²) in [6.45, 7) is 1.88. The van der Waals surface area contributed by atoms with Crippen LogP contribution in [0.15, 0.2) is 79.0 Å². The van der Waals surface area contributed by atoms with Crippen molar-refractivity contribution in [3.8, 4) is 11.1 Å². The zero-order valence-corrected chi connectivity index (χ0v) is 19.0. The van der Waals surface area contributed by atoms with Gasteiger partial charge in [0.05, 0.1) is 17.3 Å². The summed E-state index contributed by atoms with van der Waals surface area (Å²) in [4.78, 5) is 19.3. The van der Waals surface area contributed by atoms with Crippen LogP contribution in [-0.2, 0) is 6.18 Å². The molecule has 0 saturated carbocycles. The van der Waals surface area contributed by atoms with Gasteiger partial charge in [0.1, 0.15) is 0 Å². The van der Waals surface area contributed by atoms with Gasteiger partial charge in [0.25, 0.3) is 5.91 Å². The monoisotopic (exact) mass is 463 g/mol. The van der Waals surface area contributed by atoms with Gasteiger partial charge in [0.15, 0.2) is 0 Å². The maximum atomic E-state index is 12.9. The quantitative estimate of drug-likeness (QED) is 0.369. The Bertz CT molecular complexity index is 1330. The summed E-state index contributed by atoms with van der Waals surface area (Å²) in [5.41, 5.74) is 3.04. The van der Waals surface area contributed by atoms with Crippen molar-refractivity contribution in [1.29, 1.82) is 0 Å². The van der Waals surface area contributed by atoms with E-state index in [-0.39, 0.29) is 11.9 Å². The van der Waals surface area contributed by atoms with E-state index >= 15 is 0 Å². The first kappa shape index (κ1) is 23.3. The second-order valence-electron chi connectivity index (χ2n) is 8.35. The molecule has 0 aliphatic carbocycles. The van der Waals surface area contributed by atoms with Crippen LogP contribution in [0.5, 0.6) is 0 Å². The van der Waals surface area contributed by atoms with Crippen LogP contribution in [0.2, 0.25) is 0 Å². The average molecular weight is 464 g/mol. The molecule has 4 rings (SSSR count). The number of carbonyl (C=O) groups is 1. The molecule has 1 amide bonds. The van der Waals surface area contributed by atoms with Crippen LogP contribution < -0.4 is 10.2 Å². The fourth-order valence-corrected chi connectivity index (χ4v) is 3.82. The SMILES string of the molecule is C[C@H](NC(=O)c1ccc2c(-c3ccc(C(F)(F)F)cc3)cccc2c1)c1cc(N(C)C)ccn1. The Morgan fingerprint density at radius 3 is 2.38 bits per heavy atom. The van der Waals surface area contributed by atoms with Gasteiger partial charge in [-0.15, -0.1) is 0 Å². The Morgan fingerprint density at radius 1 is 0.971 bits per heavy atom. The highest BCUT2D eigenvalue weighted by Gasteiger charge is 2.30. The van der Waals surface area contributed by atoms with E-state index < -0.39 is 11.7 Å². The van der Waals surface area contributed by atoms with Gasteiger partial charge in [0, 0.05) is 31.5 Å². The molecule has 0 aliphatic heterocycles. The van der Waals surface area contributed by atoms with E-state index in [2.05, 4.69) is 10.3 Å². The summed E-state index contributed by atoms with van der Waals surface area (Å²) in [7, 11) is 3.88. The molecular formula is C27H24F3N3O. The first-order chi connectivity index (χ1) is 16.1. The summed E-state index contributed by atoms with van der Waals surface area (Å²) in [6.07, 6.45) is -2.66. The molecule has 1 atom stereocenters. The molecule has 3 aromatic carbocycles. The maximum absolute atomic E-state index is 12.9. The second kappa shape index (κ2) is 9.17. The fourth-order valence-electron chi connectivity index (χ4n) is 3.82. The Morgan fingerprint density at radius 2 is 1.71 bits per heavy atom. The number of hydrogen-bond acceptors (Lipinski definition) is 3. The lowest BCUT2D eigenvalue weighted by molar-refractivity contribution is -0.137. The number of anilines is 1. The number of amides is 1. The molecular weight excluding hydrogens is 439 g/mol. The van der Waals surface area contributed by atoms with Gasteiger partial charge in [-0.3, -0.25) is 9.78 Å². The first-order valence-corrected chi connectivity index (χ1v) is 10.8. The van der Waals surface area contributed by atoms with Gasteiger partial charge in [-0.2, -0.15) is 13.2 Å². The Balaban J connectivity index is 1.58. The minimum atomic E-state index is -4.38. The lowest BCUT2D eigenvalue weighted by atomic mass is 9.96. The molecule has 1 aromatic heterocycles. The van der Waals surface area contributed by atoms with E-state index in [4.69, 9.17) is 0 Å². The molecule has 4 nitrogen and oxygen atoms in total. The molecule has 7 heteroatoms. The standard InChI is InChI=1S/C27H24F3N3O/c1-17(25-16-22(33(2)3)13-14-31-25)32-26(34)20-9-12-24-19(15-20)5-4-6-23(24)18-7-10-21(11-8-18)27(28,29)30/h4-17H,1-3H3,(H,32,34)/t17-/m0/s1. The number of fused-ring (bicyclic) bond motifs is 1. The Hall–Kier alpha value is -3.87. The van der Waals surface area contributed by atoms with Crippen molar-refractivity contribution in [2.24, 2.45) is 0 Å².